The maximum Gasteiger partial charge on any atom is 0.276 e. The van der Waals surface area contributed by atoms with Crippen LogP contribution in [0.5, 0.6) is 5.75 Å². The largest absolute Gasteiger partial charge is 0.482 e. The van der Waals surface area contributed by atoms with Crippen molar-refractivity contribution in [3.8, 4) is 11.8 Å². The molecule has 0 atom stereocenters. The van der Waals surface area contributed by atoms with Gasteiger partial charge in [0.25, 0.3) is 5.91 Å². The van der Waals surface area contributed by atoms with E-state index in [9.17, 15) is 9.59 Å². The first-order valence-corrected chi connectivity index (χ1v) is 7.29. The lowest BCUT2D eigenvalue weighted by Gasteiger charge is -2.09. The molecule has 2 rings (SSSR count). The van der Waals surface area contributed by atoms with Gasteiger partial charge < -0.3 is 4.74 Å². The molecule has 2 N–H and O–H groups in total. The first kappa shape index (κ1) is 15.5. The predicted octanol–water partition coefficient (Wildman–Crippen LogP) is 1.39. The molecule has 0 bridgehead atoms. The third-order valence-electron chi connectivity index (χ3n) is 2.62. The molecule has 0 aliphatic rings. The molecule has 0 unspecified atom stereocenters. The van der Waals surface area contributed by atoms with Crippen LogP contribution in [0.15, 0.2) is 41.8 Å². The van der Waals surface area contributed by atoms with E-state index in [2.05, 4.69) is 10.9 Å². The number of ether oxygens (including phenoxy) is 1. The Balaban J connectivity index is 1.74. The molecule has 0 fully saturated rings. The lowest BCUT2D eigenvalue weighted by atomic mass is 10.2. The van der Waals surface area contributed by atoms with Gasteiger partial charge in [-0.15, -0.1) is 11.3 Å². The second-order valence-electron chi connectivity index (χ2n) is 4.25. The Morgan fingerprint density at radius 2 is 1.91 bits per heavy atom. The van der Waals surface area contributed by atoms with Gasteiger partial charge in [-0.2, -0.15) is 5.26 Å². The minimum Gasteiger partial charge on any atom is -0.482 e. The molecule has 7 heteroatoms. The number of amides is 2. The molecule has 6 nitrogen and oxygen atoms in total. The minimum absolute atomic E-state index is 0.204. The normalized spacial score (nSPS) is 9.59. The number of rotatable bonds is 5. The van der Waals surface area contributed by atoms with E-state index in [1.807, 2.05) is 23.6 Å². The topological polar surface area (TPSA) is 91.2 Å². The van der Waals surface area contributed by atoms with Gasteiger partial charge in [0.2, 0.25) is 5.91 Å². The molecule has 112 valence electrons. The van der Waals surface area contributed by atoms with Crippen molar-refractivity contribution in [1.29, 1.82) is 5.26 Å². The Kier molecular flexibility index (Phi) is 5.51. The molecule has 0 radical (unpaired) electrons. The van der Waals surface area contributed by atoms with Gasteiger partial charge in [0.1, 0.15) is 11.8 Å². The highest BCUT2D eigenvalue weighted by molar-refractivity contribution is 7.10. The van der Waals surface area contributed by atoms with Crippen LogP contribution >= 0.6 is 11.3 Å². The summed E-state index contributed by atoms with van der Waals surface area (Å²) in [4.78, 5) is 24.1. The molecular formula is C15H13N3O3S. The molecule has 22 heavy (non-hydrogen) atoms. The molecular weight excluding hydrogens is 302 g/mol. The summed E-state index contributed by atoms with van der Waals surface area (Å²) >= 11 is 1.47. The fraction of sp³-hybridized carbons (Fsp3) is 0.133. The minimum atomic E-state index is -0.507. The number of carbonyl (C=O) groups excluding carboxylic acids is 2. The standard InChI is InChI=1S/C15H13N3O3S/c16-9-11-4-1-2-6-13(11)21-10-15(20)18-17-14(19)8-12-5-3-7-22-12/h1-7H,8,10H2,(H,17,19)(H,18,20). The van der Waals surface area contributed by atoms with Crippen LogP contribution in [0.3, 0.4) is 0 Å². The highest BCUT2D eigenvalue weighted by Crippen LogP contribution is 2.16. The Morgan fingerprint density at radius 3 is 2.64 bits per heavy atom. The quantitative estimate of drug-likeness (QED) is 0.816. The molecule has 2 amide bonds. The first-order chi connectivity index (χ1) is 10.7. The third kappa shape index (κ3) is 4.61. The molecule has 0 saturated heterocycles. The number of benzene rings is 1. The smallest absolute Gasteiger partial charge is 0.276 e. The number of para-hydroxylation sites is 1. The van der Waals surface area contributed by atoms with Gasteiger partial charge in [0, 0.05) is 4.88 Å². The predicted molar refractivity (Wildman–Crippen MR) is 81.0 cm³/mol. The zero-order valence-electron chi connectivity index (χ0n) is 11.5. The van der Waals surface area contributed by atoms with Crippen LogP contribution in [0, 0.1) is 11.3 Å². The Hall–Kier alpha value is -2.85. The van der Waals surface area contributed by atoms with Crippen molar-refractivity contribution in [2.24, 2.45) is 0 Å². The number of nitriles is 1. The first-order valence-electron chi connectivity index (χ1n) is 6.41. The summed E-state index contributed by atoms with van der Waals surface area (Å²) in [5.41, 5.74) is 4.91. The SMILES string of the molecule is N#Cc1ccccc1OCC(=O)NNC(=O)Cc1cccs1. The van der Waals surface area contributed by atoms with E-state index < -0.39 is 5.91 Å². The van der Waals surface area contributed by atoms with Crippen LogP contribution < -0.4 is 15.6 Å². The zero-order chi connectivity index (χ0) is 15.8. The number of nitrogens with one attached hydrogen (secondary N) is 2. The highest BCUT2D eigenvalue weighted by atomic mass is 32.1. The van der Waals surface area contributed by atoms with Crippen molar-refractivity contribution in [2.75, 3.05) is 6.61 Å². The van der Waals surface area contributed by atoms with Gasteiger partial charge in [-0.3, -0.25) is 20.4 Å². The van der Waals surface area contributed by atoms with Gasteiger partial charge in [-0.25, -0.2) is 0 Å². The second kappa shape index (κ2) is 7.81. The monoisotopic (exact) mass is 315 g/mol. The van der Waals surface area contributed by atoms with Gasteiger partial charge >= 0.3 is 0 Å². The summed E-state index contributed by atoms with van der Waals surface area (Å²) < 4.78 is 5.24. The average Bonchev–Trinajstić information content (AvgIpc) is 3.04. The van der Waals surface area contributed by atoms with E-state index in [0.717, 1.165) is 4.88 Å². The number of hydrogen-bond acceptors (Lipinski definition) is 5. The molecule has 0 spiro atoms. The summed E-state index contributed by atoms with van der Waals surface area (Å²) in [6, 6.07) is 12.3. The Bertz CT molecular complexity index is 692. The Morgan fingerprint density at radius 1 is 1.14 bits per heavy atom. The molecule has 1 aromatic heterocycles. The number of nitrogens with zero attached hydrogens (tertiary/aromatic N) is 1. The van der Waals surface area contributed by atoms with E-state index >= 15 is 0 Å². The molecule has 1 heterocycles. The van der Waals surface area contributed by atoms with Gasteiger partial charge in [0.15, 0.2) is 6.61 Å². The van der Waals surface area contributed by atoms with Crippen LogP contribution in [0.2, 0.25) is 0 Å². The number of hydrogen-bond donors (Lipinski definition) is 2. The number of hydrazine groups is 1. The summed E-state index contributed by atoms with van der Waals surface area (Å²) in [5, 5.41) is 10.8. The number of thiophene rings is 1. The van der Waals surface area contributed by atoms with E-state index in [1.54, 1.807) is 24.3 Å². The summed E-state index contributed by atoms with van der Waals surface area (Å²) in [5.74, 6) is -0.495. The number of carbonyl (C=O) groups is 2. The molecule has 2 aromatic rings. The van der Waals surface area contributed by atoms with Gasteiger partial charge in [-0.1, -0.05) is 18.2 Å². The second-order valence-corrected chi connectivity index (χ2v) is 5.28. The highest BCUT2D eigenvalue weighted by Gasteiger charge is 2.08. The molecule has 0 aliphatic carbocycles. The van der Waals surface area contributed by atoms with E-state index in [4.69, 9.17) is 10.00 Å². The molecule has 1 aromatic carbocycles. The van der Waals surface area contributed by atoms with Crippen molar-refractivity contribution >= 4 is 23.2 Å². The summed E-state index contributed by atoms with van der Waals surface area (Å²) in [6.45, 7) is -0.294. The fourth-order valence-corrected chi connectivity index (χ4v) is 2.32. The van der Waals surface area contributed by atoms with Crippen molar-refractivity contribution < 1.29 is 14.3 Å². The average molecular weight is 315 g/mol. The Labute approximate surface area is 131 Å². The van der Waals surface area contributed by atoms with Crippen molar-refractivity contribution in [3.05, 3.63) is 52.2 Å². The lowest BCUT2D eigenvalue weighted by Crippen LogP contribution is -2.44. The molecule has 0 saturated carbocycles. The van der Waals surface area contributed by atoms with Crippen molar-refractivity contribution in [1.82, 2.24) is 10.9 Å². The van der Waals surface area contributed by atoms with Crippen molar-refractivity contribution in [3.63, 3.8) is 0 Å². The van der Waals surface area contributed by atoms with Crippen LogP contribution in [0.4, 0.5) is 0 Å². The molecule has 0 aliphatic heterocycles. The van der Waals surface area contributed by atoms with Crippen LogP contribution in [-0.4, -0.2) is 18.4 Å². The van der Waals surface area contributed by atoms with Gasteiger partial charge in [-0.05, 0) is 23.6 Å². The van der Waals surface area contributed by atoms with E-state index in [0.29, 0.717) is 11.3 Å². The van der Waals surface area contributed by atoms with Crippen LogP contribution in [-0.2, 0) is 16.0 Å². The third-order valence-corrected chi connectivity index (χ3v) is 3.50. The maximum absolute atomic E-state index is 11.6. The van der Waals surface area contributed by atoms with Gasteiger partial charge in [0.05, 0.1) is 12.0 Å². The van der Waals surface area contributed by atoms with Crippen LogP contribution in [0.25, 0.3) is 0 Å². The van der Waals surface area contributed by atoms with Crippen molar-refractivity contribution in [2.45, 2.75) is 6.42 Å². The summed E-state index contributed by atoms with van der Waals surface area (Å²) in [7, 11) is 0. The fourth-order valence-electron chi connectivity index (χ4n) is 1.62. The van der Waals surface area contributed by atoms with E-state index in [1.165, 1.54) is 11.3 Å². The zero-order valence-corrected chi connectivity index (χ0v) is 12.4. The maximum atomic E-state index is 11.6. The van der Waals surface area contributed by atoms with E-state index in [-0.39, 0.29) is 18.9 Å². The van der Waals surface area contributed by atoms with Crippen LogP contribution in [0.1, 0.15) is 10.4 Å². The lowest BCUT2D eigenvalue weighted by molar-refractivity contribution is -0.129. The summed E-state index contributed by atoms with van der Waals surface area (Å²) in [6.07, 6.45) is 0.204.